The molecule has 1 N–H and O–H groups in total. The third-order valence-corrected chi connectivity index (χ3v) is 2.16. The van der Waals surface area contributed by atoms with Crippen LogP contribution >= 0.6 is 0 Å². The zero-order valence-electron chi connectivity index (χ0n) is 9.90. The number of allylic oxidation sites excluding steroid dienone is 1. The van der Waals surface area contributed by atoms with Crippen LogP contribution in [0.15, 0.2) is 41.1 Å². The van der Waals surface area contributed by atoms with Crippen LogP contribution in [0.4, 0.5) is 0 Å². The van der Waals surface area contributed by atoms with Crippen molar-refractivity contribution < 1.29 is 9.94 Å². The number of ether oxygens (including phenoxy) is 1. The van der Waals surface area contributed by atoms with E-state index in [-0.39, 0.29) is 0 Å². The van der Waals surface area contributed by atoms with Crippen LogP contribution in [0.25, 0.3) is 0 Å². The Balaban J connectivity index is 2.62. The molecule has 1 rings (SSSR count). The number of nitrogens with zero attached hydrogens (tertiary/aromatic N) is 1. The van der Waals surface area contributed by atoms with Gasteiger partial charge in [-0.05, 0) is 56.7 Å². The van der Waals surface area contributed by atoms with Crippen LogP contribution in [0.5, 0.6) is 5.75 Å². The molecule has 0 aliphatic rings. The Morgan fingerprint density at radius 1 is 1.25 bits per heavy atom. The summed E-state index contributed by atoms with van der Waals surface area (Å²) in [5.41, 5.74) is 2.72. The molecule has 3 heteroatoms. The van der Waals surface area contributed by atoms with Crippen molar-refractivity contribution in [2.75, 3.05) is 6.61 Å². The van der Waals surface area contributed by atoms with Crippen LogP contribution in [0.1, 0.15) is 26.3 Å². The van der Waals surface area contributed by atoms with Crippen LogP contribution in [0.2, 0.25) is 0 Å². The first-order valence-corrected chi connectivity index (χ1v) is 5.18. The van der Waals surface area contributed by atoms with E-state index in [0.29, 0.717) is 12.3 Å². The Kier molecular flexibility index (Phi) is 4.58. The zero-order valence-corrected chi connectivity index (χ0v) is 9.90. The van der Waals surface area contributed by atoms with Gasteiger partial charge in [0, 0.05) is 0 Å². The van der Waals surface area contributed by atoms with Gasteiger partial charge in [-0.2, -0.15) is 0 Å². The highest BCUT2D eigenvalue weighted by molar-refractivity contribution is 5.98. The summed E-state index contributed by atoms with van der Waals surface area (Å²) >= 11 is 0. The quantitative estimate of drug-likeness (QED) is 0.365. The number of benzene rings is 1. The lowest BCUT2D eigenvalue weighted by atomic mass is 10.1. The van der Waals surface area contributed by atoms with E-state index in [0.717, 1.165) is 11.3 Å². The smallest absolute Gasteiger partial charge is 0.119 e. The Hall–Kier alpha value is -1.77. The van der Waals surface area contributed by atoms with Crippen molar-refractivity contribution >= 4 is 5.71 Å². The first-order valence-electron chi connectivity index (χ1n) is 5.18. The third-order valence-electron chi connectivity index (χ3n) is 2.16. The van der Waals surface area contributed by atoms with E-state index in [1.165, 1.54) is 5.57 Å². The van der Waals surface area contributed by atoms with Gasteiger partial charge < -0.3 is 9.94 Å². The maximum absolute atomic E-state index is 8.61. The van der Waals surface area contributed by atoms with Crippen molar-refractivity contribution in [3.05, 3.63) is 41.5 Å². The summed E-state index contributed by atoms with van der Waals surface area (Å²) in [6.45, 7) is 6.40. The predicted octanol–water partition coefficient (Wildman–Crippen LogP) is 3.23. The number of rotatable bonds is 4. The van der Waals surface area contributed by atoms with Crippen molar-refractivity contribution in [3.63, 3.8) is 0 Å². The topological polar surface area (TPSA) is 41.8 Å². The summed E-state index contributed by atoms with van der Waals surface area (Å²) in [4.78, 5) is 0. The molecule has 0 atom stereocenters. The number of hydrogen-bond acceptors (Lipinski definition) is 3. The van der Waals surface area contributed by atoms with Gasteiger partial charge in [-0.25, -0.2) is 0 Å². The maximum Gasteiger partial charge on any atom is 0.119 e. The van der Waals surface area contributed by atoms with Crippen LogP contribution in [0.3, 0.4) is 0 Å². The van der Waals surface area contributed by atoms with Gasteiger partial charge in [0.1, 0.15) is 12.4 Å². The molecule has 0 aliphatic heterocycles. The van der Waals surface area contributed by atoms with E-state index in [2.05, 4.69) is 5.16 Å². The summed E-state index contributed by atoms with van der Waals surface area (Å²) in [5, 5.41) is 11.7. The normalized spacial score (nSPS) is 11.1. The van der Waals surface area contributed by atoms with Crippen molar-refractivity contribution in [3.8, 4) is 5.75 Å². The van der Waals surface area contributed by atoms with Gasteiger partial charge in [-0.3, -0.25) is 0 Å². The van der Waals surface area contributed by atoms with Crippen molar-refractivity contribution in [2.24, 2.45) is 5.16 Å². The van der Waals surface area contributed by atoms with Crippen molar-refractivity contribution in [2.45, 2.75) is 20.8 Å². The van der Waals surface area contributed by atoms with Gasteiger partial charge in [-0.1, -0.05) is 10.7 Å². The minimum atomic E-state index is 0.578. The summed E-state index contributed by atoms with van der Waals surface area (Å²) in [7, 11) is 0. The lowest BCUT2D eigenvalue weighted by Crippen LogP contribution is -1.96. The molecule has 0 heterocycles. The van der Waals surface area contributed by atoms with Gasteiger partial charge in [0.25, 0.3) is 0 Å². The molecule has 16 heavy (non-hydrogen) atoms. The predicted molar refractivity (Wildman–Crippen MR) is 65.4 cm³/mol. The average molecular weight is 219 g/mol. The standard InChI is InChI=1S/C13H17NO2/c1-10(2)8-9-16-13-6-4-12(5-7-13)11(3)14-15/h4-8,15H,9H2,1-3H3/b14-11+. The van der Waals surface area contributed by atoms with Crippen molar-refractivity contribution in [1.29, 1.82) is 0 Å². The molecule has 0 saturated heterocycles. The Morgan fingerprint density at radius 3 is 2.38 bits per heavy atom. The molecule has 0 bridgehead atoms. The second-order valence-corrected chi connectivity index (χ2v) is 3.80. The van der Waals surface area contributed by atoms with Crippen LogP contribution in [-0.4, -0.2) is 17.5 Å². The van der Waals surface area contributed by atoms with E-state index in [1.807, 2.05) is 44.2 Å². The molecule has 0 fully saturated rings. The summed E-state index contributed by atoms with van der Waals surface area (Å²) in [6, 6.07) is 7.46. The fourth-order valence-corrected chi connectivity index (χ4v) is 1.15. The van der Waals surface area contributed by atoms with Crippen LogP contribution in [0, 0.1) is 0 Å². The monoisotopic (exact) mass is 219 g/mol. The molecule has 0 amide bonds. The molecule has 0 aliphatic carbocycles. The molecular formula is C13H17NO2. The summed E-state index contributed by atoms with van der Waals surface area (Å²) in [5.74, 6) is 0.812. The van der Waals surface area contributed by atoms with E-state index in [1.54, 1.807) is 6.92 Å². The van der Waals surface area contributed by atoms with E-state index in [4.69, 9.17) is 9.94 Å². The molecule has 0 spiro atoms. The van der Waals surface area contributed by atoms with Crippen LogP contribution in [-0.2, 0) is 0 Å². The van der Waals surface area contributed by atoms with E-state index < -0.39 is 0 Å². The van der Waals surface area contributed by atoms with Crippen LogP contribution < -0.4 is 4.74 Å². The molecule has 0 radical (unpaired) electrons. The first kappa shape index (κ1) is 12.3. The third kappa shape index (κ3) is 3.77. The molecule has 86 valence electrons. The van der Waals surface area contributed by atoms with E-state index >= 15 is 0 Å². The molecule has 1 aromatic carbocycles. The number of oxime groups is 1. The highest BCUT2D eigenvalue weighted by atomic mass is 16.5. The lowest BCUT2D eigenvalue weighted by Gasteiger charge is -2.04. The molecule has 3 nitrogen and oxygen atoms in total. The molecule has 0 unspecified atom stereocenters. The minimum Gasteiger partial charge on any atom is -0.490 e. The maximum atomic E-state index is 8.61. The van der Waals surface area contributed by atoms with Gasteiger partial charge in [0.05, 0.1) is 5.71 Å². The first-order chi connectivity index (χ1) is 7.63. The average Bonchev–Trinajstić information content (AvgIpc) is 2.28. The second kappa shape index (κ2) is 5.95. The summed E-state index contributed by atoms with van der Waals surface area (Å²) in [6.07, 6.45) is 2.02. The second-order valence-electron chi connectivity index (χ2n) is 3.80. The Bertz CT molecular complexity index is 387. The molecule has 0 aromatic heterocycles. The van der Waals surface area contributed by atoms with Crippen molar-refractivity contribution in [1.82, 2.24) is 0 Å². The molecular weight excluding hydrogens is 202 g/mol. The lowest BCUT2D eigenvalue weighted by molar-refractivity contribution is 0.319. The zero-order chi connectivity index (χ0) is 12.0. The SMILES string of the molecule is CC(C)=CCOc1ccc(/C(C)=N/O)cc1. The Labute approximate surface area is 96.1 Å². The Morgan fingerprint density at radius 2 is 1.88 bits per heavy atom. The fraction of sp³-hybridized carbons (Fsp3) is 0.308. The fourth-order valence-electron chi connectivity index (χ4n) is 1.15. The van der Waals surface area contributed by atoms with Gasteiger partial charge >= 0.3 is 0 Å². The highest BCUT2D eigenvalue weighted by Gasteiger charge is 1.98. The largest absolute Gasteiger partial charge is 0.490 e. The summed E-state index contributed by atoms with van der Waals surface area (Å²) < 4.78 is 5.51. The molecule has 0 saturated carbocycles. The molecule has 1 aromatic rings. The van der Waals surface area contributed by atoms with Gasteiger partial charge in [0.15, 0.2) is 0 Å². The van der Waals surface area contributed by atoms with E-state index in [9.17, 15) is 0 Å². The minimum absolute atomic E-state index is 0.578. The number of hydrogen-bond donors (Lipinski definition) is 1. The van der Waals surface area contributed by atoms with Gasteiger partial charge in [0.2, 0.25) is 0 Å². The van der Waals surface area contributed by atoms with Gasteiger partial charge in [-0.15, -0.1) is 0 Å². The highest BCUT2D eigenvalue weighted by Crippen LogP contribution is 2.13.